The van der Waals surface area contributed by atoms with Crippen molar-refractivity contribution >= 4 is 12.6 Å². The van der Waals surface area contributed by atoms with Crippen molar-refractivity contribution < 1.29 is 13.5 Å². The molecule has 11 heavy (non-hydrogen) atoms. The van der Waals surface area contributed by atoms with Gasteiger partial charge in [-0.05, 0) is 6.07 Å². The molecule has 1 aromatic heterocycles. The van der Waals surface area contributed by atoms with E-state index in [1.165, 1.54) is 18.5 Å². The Morgan fingerprint density at radius 1 is 1.55 bits per heavy atom. The average Bonchev–Trinajstić information content (AvgIpc) is 1.93. The average molecular weight is 177 g/mol. The van der Waals surface area contributed by atoms with Crippen molar-refractivity contribution in [3.05, 3.63) is 18.5 Å². The van der Waals surface area contributed by atoms with Gasteiger partial charge in [0.1, 0.15) is 5.75 Å². The van der Waals surface area contributed by atoms with E-state index in [1.54, 1.807) is 0 Å². The number of aromatic nitrogens is 1. The van der Waals surface area contributed by atoms with E-state index in [9.17, 15) is 8.78 Å². The maximum absolute atomic E-state index is 11.6. The zero-order chi connectivity index (χ0) is 8.27. The molecule has 0 bridgehead atoms. The lowest BCUT2D eigenvalue weighted by molar-refractivity contribution is -0.0517. The molecule has 1 rings (SSSR count). The number of halogens is 2. The van der Waals surface area contributed by atoms with Gasteiger partial charge in [0.25, 0.3) is 0 Å². The van der Waals surface area contributed by atoms with Crippen LogP contribution in [0.4, 0.5) is 8.78 Å². The number of thiol groups is 1. The van der Waals surface area contributed by atoms with Crippen LogP contribution in [-0.4, -0.2) is 11.6 Å². The van der Waals surface area contributed by atoms with E-state index in [0.717, 1.165) is 0 Å². The summed E-state index contributed by atoms with van der Waals surface area (Å²) in [7, 11) is 0. The molecule has 1 aromatic rings. The van der Waals surface area contributed by atoms with Gasteiger partial charge in [-0.15, -0.1) is 12.6 Å². The van der Waals surface area contributed by atoms with Gasteiger partial charge in [-0.2, -0.15) is 8.78 Å². The van der Waals surface area contributed by atoms with Crippen molar-refractivity contribution in [1.82, 2.24) is 4.98 Å². The topological polar surface area (TPSA) is 22.1 Å². The summed E-state index contributed by atoms with van der Waals surface area (Å²) >= 11 is 3.85. The SMILES string of the molecule is FC(F)Oc1ccncc1S. The van der Waals surface area contributed by atoms with E-state index < -0.39 is 6.61 Å². The number of rotatable bonds is 2. The highest BCUT2D eigenvalue weighted by Gasteiger charge is 2.05. The Bertz CT molecular complexity index is 244. The van der Waals surface area contributed by atoms with Crippen molar-refractivity contribution in [2.45, 2.75) is 11.5 Å². The molecule has 1 heterocycles. The fourth-order valence-corrected chi connectivity index (χ4v) is 0.763. The highest BCUT2D eigenvalue weighted by Crippen LogP contribution is 2.21. The second kappa shape index (κ2) is 3.52. The quantitative estimate of drug-likeness (QED) is 0.697. The maximum atomic E-state index is 11.6. The molecule has 0 amide bonds. The van der Waals surface area contributed by atoms with Gasteiger partial charge in [0.2, 0.25) is 0 Å². The maximum Gasteiger partial charge on any atom is 0.387 e. The molecule has 0 saturated heterocycles. The van der Waals surface area contributed by atoms with Crippen LogP contribution in [0.2, 0.25) is 0 Å². The molecule has 0 N–H and O–H groups in total. The van der Waals surface area contributed by atoms with Crippen LogP contribution in [0.25, 0.3) is 0 Å². The Labute approximate surface area is 67.6 Å². The molecule has 0 aliphatic heterocycles. The van der Waals surface area contributed by atoms with Gasteiger partial charge in [0.05, 0.1) is 4.90 Å². The monoisotopic (exact) mass is 177 g/mol. The summed E-state index contributed by atoms with van der Waals surface area (Å²) in [6, 6.07) is 1.33. The lowest BCUT2D eigenvalue weighted by Crippen LogP contribution is -2.02. The van der Waals surface area contributed by atoms with Crippen LogP contribution in [0.1, 0.15) is 0 Å². The molecule has 0 atom stereocenters. The standard InChI is InChI=1S/C6H5F2NOS/c7-6(8)10-4-1-2-9-3-5(4)11/h1-3,6,11H. The van der Waals surface area contributed by atoms with E-state index in [2.05, 4.69) is 22.3 Å². The van der Waals surface area contributed by atoms with Crippen LogP contribution in [-0.2, 0) is 0 Å². The van der Waals surface area contributed by atoms with Crippen molar-refractivity contribution in [1.29, 1.82) is 0 Å². The first-order chi connectivity index (χ1) is 5.20. The van der Waals surface area contributed by atoms with E-state index in [-0.39, 0.29) is 5.75 Å². The van der Waals surface area contributed by atoms with E-state index in [1.807, 2.05) is 0 Å². The van der Waals surface area contributed by atoms with Gasteiger partial charge >= 0.3 is 6.61 Å². The van der Waals surface area contributed by atoms with E-state index >= 15 is 0 Å². The van der Waals surface area contributed by atoms with Gasteiger partial charge in [0, 0.05) is 12.4 Å². The predicted molar refractivity (Wildman–Crippen MR) is 38.1 cm³/mol. The summed E-state index contributed by atoms with van der Waals surface area (Å²) in [5.41, 5.74) is 0. The van der Waals surface area contributed by atoms with Gasteiger partial charge in [-0.25, -0.2) is 0 Å². The normalized spacial score (nSPS) is 10.2. The zero-order valence-electron chi connectivity index (χ0n) is 5.37. The molecular formula is C6H5F2NOS. The lowest BCUT2D eigenvalue weighted by Gasteiger charge is -2.04. The third-order valence-corrected chi connectivity index (χ3v) is 1.31. The number of pyridine rings is 1. The third kappa shape index (κ3) is 2.34. The molecule has 0 aliphatic rings. The van der Waals surface area contributed by atoms with Crippen LogP contribution in [0, 0.1) is 0 Å². The van der Waals surface area contributed by atoms with Gasteiger partial charge in [-0.1, -0.05) is 0 Å². The summed E-state index contributed by atoms with van der Waals surface area (Å²) in [5, 5.41) is 0. The number of hydrogen-bond acceptors (Lipinski definition) is 3. The Hall–Kier alpha value is -0.840. The first-order valence-corrected chi connectivity index (χ1v) is 3.22. The van der Waals surface area contributed by atoms with Crippen LogP contribution in [0.3, 0.4) is 0 Å². The van der Waals surface area contributed by atoms with Crippen molar-refractivity contribution in [2.75, 3.05) is 0 Å². The minimum atomic E-state index is -2.82. The van der Waals surface area contributed by atoms with Crippen LogP contribution in [0.15, 0.2) is 23.4 Å². The molecule has 60 valence electrons. The first-order valence-electron chi connectivity index (χ1n) is 2.78. The van der Waals surface area contributed by atoms with E-state index in [4.69, 9.17) is 0 Å². The van der Waals surface area contributed by atoms with Crippen molar-refractivity contribution in [2.24, 2.45) is 0 Å². The smallest absolute Gasteiger partial charge is 0.387 e. The molecule has 0 unspecified atom stereocenters. The largest absolute Gasteiger partial charge is 0.434 e. The number of hydrogen-bond donors (Lipinski definition) is 1. The van der Waals surface area contributed by atoms with E-state index in [0.29, 0.717) is 4.90 Å². The third-order valence-electron chi connectivity index (χ3n) is 0.977. The summed E-state index contributed by atoms with van der Waals surface area (Å²) in [6.07, 6.45) is 2.69. The molecule has 0 fully saturated rings. The number of ether oxygens (including phenoxy) is 1. The summed E-state index contributed by atoms with van der Waals surface area (Å²) in [4.78, 5) is 3.95. The van der Waals surface area contributed by atoms with Crippen molar-refractivity contribution in [3.63, 3.8) is 0 Å². The minimum absolute atomic E-state index is 0.0401. The fourth-order valence-electron chi connectivity index (χ4n) is 0.569. The predicted octanol–water partition coefficient (Wildman–Crippen LogP) is 1.97. The molecule has 5 heteroatoms. The molecule has 0 aromatic carbocycles. The van der Waals surface area contributed by atoms with Gasteiger partial charge in [-0.3, -0.25) is 4.98 Å². The summed E-state index contributed by atoms with van der Waals surface area (Å²) in [5.74, 6) is 0.0401. The number of alkyl halides is 2. The Morgan fingerprint density at radius 2 is 2.27 bits per heavy atom. The van der Waals surface area contributed by atoms with Crippen LogP contribution in [0.5, 0.6) is 5.75 Å². The summed E-state index contributed by atoms with van der Waals surface area (Å²) < 4.78 is 27.3. The Balaban J connectivity index is 2.78. The minimum Gasteiger partial charge on any atom is -0.434 e. The van der Waals surface area contributed by atoms with Gasteiger partial charge in [0.15, 0.2) is 0 Å². The summed E-state index contributed by atoms with van der Waals surface area (Å²) in [6.45, 7) is -2.82. The molecular weight excluding hydrogens is 172 g/mol. The van der Waals surface area contributed by atoms with Gasteiger partial charge < -0.3 is 4.74 Å². The first kappa shape index (κ1) is 8.26. The van der Waals surface area contributed by atoms with Crippen LogP contribution < -0.4 is 4.74 Å². The molecule has 0 spiro atoms. The Kier molecular flexibility index (Phi) is 2.64. The lowest BCUT2D eigenvalue weighted by atomic mass is 10.4. The highest BCUT2D eigenvalue weighted by molar-refractivity contribution is 7.80. The highest BCUT2D eigenvalue weighted by atomic mass is 32.1. The number of nitrogens with zero attached hydrogens (tertiary/aromatic N) is 1. The molecule has 0 aliphatic carbocycles. The zero-order valence-corrected chi connectivity index (χ0v) is 6.26. The van der Waals surface area contributed by atoms with Crippen LogP contribution >= 0.6 is 12.6 Å². The molecule has 0 radical (unpaired) electrons. The Morgan fingerprint density at radius 3 is 2.82 bits per heavy atom. The molecule has 0 saturated carbocycles. The second-order valence-corrected chi connectivity index (χ2v) is 2.20. The second-order valence-electron chi connectivity index (χ2n) is 1.72. The fraction of sp³-hybridized carbons (Fsp3) is 0.167. The molecule has 2 nitrogen and oxygen atoms in total. The van der Waals surface area contributed by atoms with Crippen molar-refractivity contribution in [3.8, 4) is 5.75 Å².